The van der Waals surface area contributed by atoms with Crippen LogP contribution in [0.25, 0.3) is 10.7 Å². The van der Waals surface area contributed by atoms with Crippen LogP contribution in [0.1, 0.15) is 38.0 Å². The molecule has 2 aliphatic rings. The minimum absolute atomic E-state index is 0.00156. The van der Waals surface area contributed by atoms with Gasteiger partial charge in [-0.25, -0.2) is 0 Å². The lowest BCUT2D eigenvalue weighted by Crippen LogP contribution is -2.61. The van der Waals surface area contributed by atoms with Crippen molar-refractivity contribution in [2.45, 2.75) is 44.1 Å². The smallest absolute Gasteiger partial charge is 0.306 e. The quantitative estimate of drug-likeness (QED) is 0.552. The fourth-order valence-corrected chi connectivity index (χ4v) is 5.13. The zero-order valence-corrected chi connectivity index (χ0v) is 18.6. The first-order chi connectivity index (χ1) is 16.1. The fraction of sp³-hybridized carbons (Fsp3) is 0.348. The number of thiophene rings is 1. The van der Waals surface area contributed by atoms with Crippen molar-refractivity contribution in [3.63, 3.8) is 0 Å². The van der Waals surface area contributed by atoms with E-state index in [1.54, 1.807) is 18.2 Å². The summed E-state index contributed by atoms with van der Waals surface area (Å²) in [6.07, 6.45) is 3.09. The SMILES string of the molecule is O=C(CCc1nc(-c2cccs2)no1)OCC(=O)N1c2ccccc2NC(=O)C12CCCC2. The van der Waals surface area contributed by atoms with Gasteiger partial charge in [0, 0.05) is 6.42 Å². The second kappa shape index (κ2) is 8.78. The Balaban J connectivity index is 1.23. The normalized spacial score (nSPS) is 16.5. The number of carbonyl (C=O) groups excluding carboxylic acids is 3. The maximum Gasteiger partial charge on any atom is 0.306 e. The van der Waals surface area contributed by atoms with E-state index in [1.165, 1.54) is 16.2 Å². The van der Waals surface area contributed by atoms with Crippen LogP contribution in [0.15, 0.2) is 46.3 Å². The number of nitrogens with one attached hydrogen (secondary N) is 1. The average Bonchev–Trinajstić information content (AvgIpc) is 3.59. The Morgan fingerprint density at radius 2 is 2.00 bits per heavy atom. The van der Waals surface area contributed by atoms with Gasteiger partial charge in [-0.15, -0.1) is 11.3 Å². The van der Waals surface area contributed by atoms with Crippen molar-refractivity contribution in [2.24, 2.45) is 0 Å². The Kier molecular flexibility index (Phi) is 5.67. The molecule has 1 aliphatic carbocycles. The molecule has 1 fully saturated rings. The van der Waals surface area contributed by atoms with E-state index in [1.807, 2.05) is 23.6 Å². The molecule has 2 aromatic heterocycles. The van der Waals surface area contributed by atoms with E-state index < -0.39 is 24.0 Å². The lowest BCUT2D eigenvalue weighted by atomic mass is 9.90. The van der Waals surface area contributed by atoms with Crippen LogP contribution < -0.4 is 10.2 Å². The number of aryl methyl sites for hydroxylation is 1. The molecule has 1 N–H and O–H groups in total. The van der Waals surface area contributed by atoms with Crippen molar-refractivity contribution in [2.75, 3.05) is 16.8 Å². The predicted octanol–water partition coefficient (Wildman–Crippen LogP) is 3.57. The predicted molar refractivity (Wildman–Crippen MR) is 121 cm³/mol. The number of rotatable bonds is 6. The van der Waals surface area contributed by atoms with Crippen LogP contribution in [-0.4, -0.2) is 40.1 Å². The number of esters is 1. The van der Waals surface area contributed by atoms with Crippen molar-refractivity contribution >= 4 is 40.5 Å². The summed E-state index contributed by atoms with van der Waals surface area (Å²) in [5.74, 6) is -0.336. The lowest BCUT2D eigenvalue weighted by Gasteiger charge is -2.44. The molecule has 0 bridgehead atoms. The third-order valence-electron chi connectivity index (χ3n) is 6.03. The third kappa shape index (κ3) is 4.02. The molecule has 0 radical (unpaired) electrons. The first-order valence-corrected chi connectivity index (χ1v) is 11.7. The van der Waals surface area contributed by atoms with Gasteiger partial charge in [-0.3, -0.25) is 19.3 Å². The molecule has 1 aliphatic heterocycles. The molecule has 3 heterocycles. The molecule has 9 nitrogen and oxygen atoms in total. The minimum atomic E-state index is -0.931. The van der Waals surface area contributed by atoms with Crippen molar-refractivity contribution in [1.82, 2.24) is 10.1 Å². The molecule has 10 heteroatoms. The summed E-state index contributed by atoms with van der Waals surface area (Å²) in [6.45, 7) is -0.438. The summed E-state index contributed by atoms with van der Waals surface area (Å²) in [6, 6.07) is 11.0. The number of para-hydroxylation sites is 2. The van der Waals surface area contributed by atoms with Crippen molar-refractivity contribution < 1.29 is 23.6 Å². The molecule has 170 valence electrons. The molecular weight excluding hydrogens is 444 g/mol. The van der Waals surface area contributed by atoms with Crippen molar-refractivity contribution in [3.05, 3.63) is 47.7 Å². The topological polar surface area (TPSA) is 115 Å². The average molecular weight is 467 g/mol. The summed E-state index contributed by atoms with van der Waals surface area (Å²) in [5, 5.41) is 8.76. The number of amides is 2. The largest absolute Gasteiger partial charge is 0.456 e. The molecule has 1 spiro atoms. The van der Waals surface area contributed by atoms with Gasteiger partial charge in [-0.05, 0) is 36.4 Å². The maximum absolute atomic E-state index is 13.2. The molecule has 1 aromatic carbocycles. The van der Waals surface area contributed by atoms with E-state index in [0.717, 1.165) is 17.7 Å². The molecule has 3 aromatic rings. The summed E-state index contributed by atoms with van der Waals surface area (Å²) in [7, 11) is 0. The minimum Gasteiger partial charge on any atom is -0.456 e. The van der Waals surface area contributed by atoms with E-state index in [9.17, 15) is 14.4 Å². The molecule has 2 amide bonds. The molecule has 0 saturated heterocycles. The number of nitrogens with zero attached hydrogens (tertiary/aromatic N) is 3. The zero-order chi connectivity index (χ0) is 22.8. The third-order valence-corrected chi connectivity index (χ3v) is 6.90. The number of aromatic nitrogens is 2. The zero-order valence-electron chi connectivity index (χ0n) is 17.8. The van der Waals surface area contributed by atoms with Crippen LogP contribution in [0.3, 0.4) is 0 Å². The number of hydrogen-bond donors (Lipinski definition) is 1. The van der Waals surface area contributed by atoms with Crippen molar-refractivity contribution in [1.29, 1.82) is 0 Å². The number of benzene rings is 1. The highest BCUT2D eigenvalue weighted by atomic mass is 32.1. The highest BCUT2D eigenvalue weighted by molar-refractivity contribution is 7.13. The van der Waals surface area contributed by atoms with Gasteiger partial charge >= 0.3 is 5.97 Å². The number of fused-ring (bicyclic) bond motifs is 1. The van der Waals surface area contributed by atoms with Crippen LogP contribution in [0.2, 0.25) is 0 Å². The Morgan fingerprint density at radius 3 is 2.79 bits per heavy atom. The van der Waals surface area contributed by atoms with Crippen LogP contribution >= 0.6 is 11.3 Å². The Morgan fingerprint density at radius 1 is 1.18 bits per heavy atom. The van der Waals surface area contributed by atoms with Crippen LogP contribution in [0.5, 0.6) is 0 Å². The number of anilines is 2. The molecular formula is C23H22N4O5S. The van der Waals surface area contributed by atoms with Gasteiger partial charge in [0.25, 0.3) is 11.8 Å². The maximum atomic E-state index is 13.2. The van der Waals surface area contributed by atoms with E-state index >= 15 is 0 Å². The van der Waals surface area contributed by atoms with E-state index in [0.29, 0.717) is 35.9 Å². The second-order valence-electron chi connectivity index (χ2n) is 8.09. The standard InChI is InChI=1S/C23H22N4O5S/c28-19(14-31-20(29)10-9-18-25-21(26-32-18)17-8-5-13-33-17)27-16-7-2-1-6-15(16)24-22(30)23(27)11-3-4-12-23/h1-2,5-8,13H,3-4,9-12,14H2,(H,24,30). The molecule has 0 atom stereocenters. The van der Waals surface area contributed by atoms with Gasteiger partial charge in [0.1, 0.15) is 5.54 Å². The second-order valence-corrected chi connectivity index (χ2v) is 9.04. The van der Waals surface area contributed by atoms with Crippen LogP contribution in [0, 0.1) is 0 Å². The summed E-state index contributed by atoms with van der Waals surface area (Å²) in [5.41, 5.74) is 0.282. The lowest BCUT2D eigenvalue weighted by molar-refractivity contribution is -0.148. The Hall–Kier alpha value is -3.53. The van der Waals surface area contributed by atoms with Crippen LogP contribution in [0.4, 0.5) is 11.4 Å². The summed E-state index contributed by atoms with van der Waals surface area (Å²) in [4.78, 5) is 45.2. The van der Waals surface area contributed by atoms with Crippen molar-refractivity contribution in [3.8, 4) is 10.7 Å². The Bertz CT molecular complexity index is 1180. The first-order valence-electron chi connectivity index (χ1n) is 10.8. The molecule has 33 heavy (non-hydrogen) atoms. The van der Waals surface area contributed by atoms with Gasteiger partial charge in [0.15, 0.2) is 6.61 Å². The van der Waals surface area contributed by atoms with Crippen LogP contribution in [-0.2, 0) is 25.5 Å². The molecule has 5 rings (SSSR count). The Labute approximate surface area is 193 Å². The van der Waals surface area contributed by atoms with E-state index in [-0.39, 0.29) is 18.7 Å². The van der Waals surface area contributed by atoms with Gasteiger partial charge in [-0.2, -0.15) is 4.98 Å². The molecule has 0 unspecified atom stereocenters. The first kappa shape index (κ1) is 21.3. The highest BCUT2D eigenvalue weighted by Gasteiger charge is 2.52. The number of carbonyl (C=O) groups is 3. The number of ether oxygens (including phenoxy) is 1. The van der Waals surface area contributed by atoms with E-state index in [2.05, 4.69) is 15.5 Å². The monoisotopic (exact) mass is 466 g/mol. The summed E-state index contributed by atoms with van der Waals surface area (Å²) < 4.78 is 10.5. The van der Waals surface area contributed by atoms with Gasteiger partial charge in [0.05, 0.1) is 22.7 Å². The summed E-state index contributed by atoms with van der Waals surface area (Å²) >= 11 is 1.49. The highest BCUT2D eigenvalue weighted by Crippen LogP contribution is 2.45. The van der Waals surface area contributed by atoms with Gasteiger partial charge in [-0.1, -0.05) is 36.2 Å². The molecule has 1 saturated carbocycles. The van der Waals surface area contributed by atoms with E-state index in [4.69, 9.17) is 9.26 Å². The van der Waals surface area contributed by atoms with Gasteiger partial charge in [0.2, 0.25) is 11.7 Å². The fourth-order valence-electron chi connectivity index (χ4n) is 4.48. The number of hydrogen-bond acceptors (Lipinski definition) is 8. The van der Waals surface area contributed by atoms with Gasteiger partial charge < -0.3 is 14.6 Å².